The maximum Gasteiger partial charge on any atom is 0.339 e. The summed E-state index contributed by atoms with van der Waals surface area (Å²) in [6.07, 6.45) is 3.13. The van der Waals surface area contributed by atoms with Crippen LogP contribution in [0, 0.1) is 12.8 Å². The molecule has 1 atom stereocenters. The van der Waals surface area contributed by atoms with Crippen LogP contribution in [0.2, 0.25) is 0 Å². The van der Waals surface area contributed by atoms with Crippen molar-refractivity contribution in [1.29, 1.82) is 0 Å². The fourth-order valence-corrected chi connectivity index (χ4v) is 2.08. The van der Waals surface area contributed by atoms with Crippen LogP contribution in [0.25, 0.3) is 0 Å². The molecule has 2 heterocycles. The monoisotopic (exact) mass is 252 g/mol. The molecule has 6 nitrogen and oxygen atoms in total. The third kappa shape index (κ3) is 2.53. The second-order valence-corrected chi connectivity index (χ2v) is 4.41. The van der Waals surface area contributed by atoms with Gasteiger partial charge in [-0.1, -0.05) is 0 Å². The van der Waals surface area contributed by atoms with Gasteiger partial charge in [0.2, 0.25) is 5.91 Å². The van der Waals surface area contributed by atoms with Crippen LogP contribution in [-0.4, -0.2) is 35.2 Å². The van der Waals surface area contributed by atoms with Crippen LogP contribution >= 0.6 is 0 Å². The summed E-state index contributed by atoms with van der Waals surface area (Å²) in [6, 6.07) is 0. The maximum absolute atomic E-state index is 12.0. The van der Waals surface area contributed by atoms with E-state index < -0.39 is 5.97 Å². The van der Waals surface area contributed by atoms with Gasteiger partial charge in [-0.15, -0.1) is 0 Å². The predicted molar refractivity (Wildman–Crippen MR) is 64.7 cm³/mol. The van der Waals surface area contributed by atoms with Crippen molar-refractivity contribution in [3.63, 3.8) is 0 Å². The minimum absolute atomic E-state index is 0.111. The van der Waals surface area contributed by atoms with Crippen LogP contribution in [0.5, 0.6) is 0 Å². The van der Waals surface area contributed by atoms with E-state index >= 15 is 0 Å². The van der Waals surface area contributed by atoms with E-state index in [9.17, 15) is 9.59 Å². The van der Waals surface area contributed by atoms with E-state index in [-0.39, 0.29) is 17.4 Å². The Morgan fingerprint density at radius 1 is 1.56 bits per heavy atom. The third-order valence-corrected chi connectivity index (χ3v) is 3.08. The number of aromatic nitrogens is 1. The molecular formula is C12H16N2O4. The van der Waals surface area contributed by atoms with E-state index in [1.807, 2.05) is 0 Å². The number of hydrogen-bond acceptors (Lipinski definition) is 3. The van der Waals surface area contributed by atoms with Gasteiger partial charge in [0, 0.05) is 18.5 Å². The van der Waals surface area contributed by atoms with Crippen molar-refractivity contribution < 1.29 is 19.4 Å². The van der Waals surface area contributed by atoms with Crippen LogP contribution in [0.1, 0.15) is 28.9 Å². The largest absolute Gasteiger partial charge is 0.478 e. The number of carbonyl (C=O) groups excluding carboxylic acids is 1. The molecule has 6 heteroatoms. The first-order chi connectivity index (χ1) is 8.59. The zero-order valence-electron chi connectivity index (χ0n) is 10.2. The molecule has 0 aromatic carbocycles. The number of H-pyrrole nitrogens is 1. The second kappa shape index (κ2) is 5.22. The van der Waals surface area contributed by atoms with Gasteiger partial charge in [0.15, 0.2) is 0 Å². The maximum atomic E-state index is 12.0. The number of ether oxygens (including phenoxy) is 1. The molecule has 0 aliphatic carbocycles. The zero-order valence-corrected chi connectivity index (χ0v) is 10.2. The van der Waals surface area contributed by atoms with Crippen molar-refractivity contribution >= 4 is 17.6 Å². The van der Waals surface area contributed by atoms with E-state index in [2.05, 4.69) is 10.3 Å². The summed E-state index contributed by atoms with van der Waals surface area (Å²) < 4.78 is 5.24. The molecule has 2 rings (SSSR count). The van der Waals surface area contributed by atoms with Gasteiger partial charge in [-0.25, -0.2) is 4.79 Å². The summed E-state index contributed by atoms with van der Waals surface area (Å²) >= 11 is 0. The molecule has 1 aliphatic rings. The Balaban J connectivity index is 2.09. The molecule has 1 saturated heterocycles. The van der Waals surface area contributed by atoms with Crippen molar-refractivity contribution in [1.82, 2.24) is 4.98 Å². The number of rotatable bonds is 3. The van der Waals surface area contributed by atoms with Crippen LogP contribution in [-0.2, 0) is 9.53 Å². The first-order valence-corrected chi connectivity index (χ1v) is 5.89. The summed E-state index contributed by atoms with van der Waals surface area (Å²) in [5.74, 6) is -1.43. The number of hydrogen-bond donors (Lipinski definition) is 3. The van der Waals surface area contributed by atoms with Gasteiger partial charge in [-0.05, 0) is 19.8 Å². The molecule has 0 radical (unpaired) electrons. The Morgan fingerprint density at radius 2 is 2.33 bits per heavy atom. The lowest BCUT2D eigenvalue weighted by molar-refractivity contribution is -0.123. The Morgan fingerprint density at radius 3 is 2.94 bits per heavy atom. The Kier molecular flexibility index (Phi) is 3.66. The number of aromatic amines is 1. The van der Waals surface area contributed by atoms with E-state index in [1.54, 1.807) is 6.92 Å². The minimum atomic E-state index is -1.05. The zero-order chi connectivity index (χ0) is 13.1. The van der Waals surface area contributed by atoms with Crippen LogP contribution < -0.4 is 5.32 Å². The number of nitrogens with one attached hydrogen (secondary N) is 2. The molecular weight excluding hydrogens is 236 g/mol. The number of amides is 1. The van der Waals surface area contributed by atoms with Crippen molar-refractivity contribution in [2.24, 2.45) is 5.92 Å². The van der Waals surface area contributed by atoms with E-state index in [4.69, 9.17) is 9.84 Å². The average molecular weight is 252 g/mol. The van der Waals surface area contributed by atoms with E-state index in [1.165, 1.54) is 6.20 Å². The number of carboxylic acids is 1. The molecule has 0 saturated carbocycles. The molecule has 3 N–H and O–H groups in total. The van der Waals surface area contributed by atoms with Gasteiger partial charge >= 0.3 is 5.97 Å². The quantitative estimate of drug-likeness (QED) is 0.758. The highest BCUT2D eigenvalue weighted by Gasteiger charge is 2.24. The van der Waals surface area contributed by atoms with E-state index in [0.29, 0.717) is 24.6 Å². The molecule has 1 amide bonds. The standard InChI is InChI=1S/C12H16N2O4/c1-7-10(12(16)17)9(5-13-7)14-11(15)8-3-2-4-18-6-8/h5,8,13H,2-4,6H2,1H3,(H,14,15)(H,16,17). The van der Waals surface area contributed by atoms with Crippen LogP contribution in [0.3, 0.4) is 0 Å². The number of carboxylic acid groups (broad SMARTS) is 1. The van der Waals surface area contributed by atoms with E-state index in [0.717, 1.165) is 12.8 Å². The SMILES string of the molecule is Cc1[nH]cc(NC(=O)C2CCCOC2)c1C(=O)O. The number of anilines is 1. The Bertz CT molecular complexity index is 461. The van der Waals surface area contributed by atoms with Gasteiger partial charge in [0.05, 0.1) is 18.2 Å². The predicted octanol–water partition coefficient (Wildman–Crippen LogP) is 1.39. The van der Waals surface area contributed by atoms with Gasteiger partial charge in [0.1, 0.15) is 5.56 Å². The molecule has 1 fully saturated rings. The van der Waals surface area contributed by atoms with Crippen molar-refractivity contribution in [2.45, 2.75) is 19.8 Å². The average Bonchev–Trinajstić information content (AvgIpc) is 2.71. The van der Waals surface area contributed by atoms with Crippen molar-refractivity contribution in [3.8, 4) is 0 Å². The summed E-state index contributed by atoms with van der Waals surface area (Å²) in [5.41, 5.74) is 0.952. The molecule has 1 aromatic heterocycles. The van der Waals surface area contributed by atoms with Crippen molar-refractivity contribution in [3.05, 3.63) is 17.5 Å². The summed E-state index contributed by atoms with van der Waals surface area (Å²) in [5, 5.41) is 11.7. The summed E-state index contributed by atoms with van der Waals surface area (Å²) in [4.78, 5) is 25.8. The van der Waals surface area contributed by atoms with Gasteiger partial charge < -0.3 is 20.1 Å². The molecule has 98 valence electrons. The highest BCUT2D eigenvalue weighted by atomic mass is 16.5. The normalized spacial score (nSPS) is 19.5. The highest BCUT2D eigenvalue weighted by Crippen LogP contribution is 2.21. The topological polar surface area (TPSA) is 91.4 Å². The fourth-order valence-electron chi connectivity index (χ4n) is 2.08. The molecule has 0 bridgehead atoms. The first kappa shape index (κ1) is 12.6. The molecule has 1 unspecified atom stereocenters. The smallest absolute Gasteiger partial charge is 0.339 e. The number of aryl methyl sites for hydroxylation is 1. The van der Waals surface area contributed by atoms with Gasteiger partial charge in [-0.2, -0.15) is 0 Å². The lowest BCUT2D eigenvalue weighted by Gasteiger charge is -2.21. The lowest BCUT2D eigenvalue weighted by atomic mass is 10.0. The minimum Gasteiger partial charge on any atom is -0.478 e. The van der Waals surface area contributed by atoms with Gasteiger partial charge in [-0.3, -0.25) is 4.79 Å². The number of aromatic carboxylic acids is 1. The highest BCUT2D eigenvalue weighted by molar-refractivity contribution is 6.02. The van der Waals surface area contributed by atoms with Gasteiger partial charge in [0.25, 0.3) is 0 Å². The summed E-state index contributed by atoms with van der Waals surface area (Å²) in [6.45, 7) is 2.74. The van der Waals surface area contributed by atoms with Crippen LogP contribution in [0.4, 0.5) is 5.69 Å². The third-order valence-electron chi connectivity index (χ3n) is 3.08. The second-order valence-electron chi connectivity index (χ2n) is 4.41. The lowest BCUT2D eigenvalue weighted by Crippen LogP contribution is -2.30. The summed E-state index contributed by atoms with van der Waals surface area (Å²) in [7, 11) is 0. The Hall–Kier alpha value is -1.82. The van der Waals surface area contributed by atoms with Crippen LogP contribution in [0.15, 0.2) is 6.20 Å². The molecule has 1 aromatic rings. The molecule has 1 aliphatic heterocycles. The van der Waals surface area contributed by atoms with Crippen molar-refractivity contribution in [2.75, 3.05) is 18.5 Å². The molecule has 0 spiro atoms. The fraction of sp³-hybridized carbons (Fsp3) is 0.500. The first-order valence-electron chi connectivity index (χ1n) is 5.89. The molecule has 18 heavy (non-hydrogen) atoms. The number of carbonyl (C=O) groups is 2. The Labute approximate surface area is 104 Å².